The van der Waals surface area contributed by atoms with Crippen LogP contribution >= 0.6 is 0 Å². The summed E-state index contributed by atoms with van der Waals surface area (Å²) in [6, 6.07) is 7.68. The fraction of sp³-hybridized carbons (Fsp3) is 0.480. The predicted molar refractivity (Wildman–Crippen MR) is 132 cm³/mol. The van der Waals surface area contributed by atoms with Gasteiger partial charge in [0, 0.05) is 24.4 Å². The largest absolute Gasteiger partial charge is 0.497 e. The number of nitrogens with one attached hydrogen (secondary N) is 2. The molecule has 2 heterocycles. The van der Waals surface area contributed by atoms with E-state index >= 15 is 0 Å². The van der Waals surface area contributed by atoms with E-state index in [1.54, 1.807) is 27.3 Å². The number of hydrogen-bond donors (Lipinski definition) is 3. The third kappa shape index (κ3) is 5.82. The van der Waals surface area contributed by atoms with Gasteiger partial charge in [0.15, 0.2) is 5.82 Å². The number of ether oxygens (including phenoxy) is 2. The van der Waals surface area contributed by atoms with Gasteiger partial charge >= 0.3 is 0 Å². The molecule has 3 aromatic rings. The zero-order valence-electron chi connectivity index (χ0n) is 20.4. The molecule has 0 saturated carbocycles. The summed E-state index contributed by atoms with van der Waals surface area (Å²) in [5, 5.41) is 17.3. The Balaban J connectivity index is 1.95. The molecule has 0 spiro atoms. The lowest BCUT2D eigenvalue weighted by Crippen LogP contribution is -2.45. The Hall–Kier alpha value is -3.13. The standard InChI is InChI=1S/C25H35N5O3/c1-7-8-11-25(4,17(3)31)30-23-22-20(12-16(2)14-26-22)28-24(29-23)27-15-18-9-10-19(32-5)13-21(18)33-6/h9-10,12-14,17,31H,7-8,11,15H2,1-6H3,(H2,27,28,29,30)/t17?,25-/m1/s1. The first-order valence-corrected chi connectivity index (χ1v) is 11.3. The maximum absolute atomic E-state index is 10.5. The van der Waals surface area contributed by atoms with E-state index in [2.05, 4.69) is 27.5 Å². The second-order valence-electron chi connectivity index (χ2n) is 8.63. The highest BCUT2D eigenvalue weighted by molar-refractivity contribution is 5.86. The van der Waals surface area contributed by atoms with Crippen molar-refractivity contribution in [2.24, 2.45) is 0 Å². The molecule has 178 valence electrons. The molecular weight excluding hydrogens is 418 g/mol. The number of nitrogens with zero attached hydrogens (tertiary/aromatic N) is 3. The molecule has 3 N–H and O–H groups in total. The van der Waals surface area contributed by atoms with E-state index in [4.69, 9.17) is 14.5 Å². The maximum atomic E-state index is 10.5. The molecule has 2 aromatic heterocycles. The number of aliphatic hydroxyl groups is 1. The maximum Gasteiger partial charge on any atom is 0.225 e. The molecule has 8 heteroatoms. The summed E-state index contributed by atoms with van der Waals surface area (Å²) >= 11 is 0. The molecule has 1 unspecified atom stereocenters. The molecule has 0 radical (unpaired) electrons. The number of aliphatic hydroxyl groups excluding tert-OH is 1. The Bertz CT molecular complexity index is 1090. The van der Waals surface area contributed by atoms with Crippen LogP contribution in [0.15, 0.2) is 30.5 Å². The van der Waals surface area contributed by atoms with Crippen LogP contribution in [0.1, 0.15) is 51.2 Å². The lowest BCUT2D eigenvalue weighted by molar-refractivity contribution is 0.116. The highest BCUT2D eigenvalue weighted by Gasteiger charge is 2.30. The van der Waals surface area contributed by atoms with Crippen LogP contribution in [0.25, 0.3) is 11.0 Å². The van der Waals surface area contributed by atoms with Gasteiger partial charge in [-0.05, 0) is 51.0 Å². The minimum absolute atomic E-state index is 0.471. The summed E-state index contributed by atoms with van der Waals surface area (Å²) in [6.07, 6.45) is 4.08. The first-order valence-electron chi connectivity index (χ1n) is 11.3. The van der Waals surface area contributed by atoms with Crippen LogP contribution in [0.3, 0.4) is 0 Å². The van der Waals surface area contributed by atoms with E-state index in [1.807, 2.05) is 38.1 Å². The number of aromatic nitrogens is 3. The van der Waals surface area contributed by atoms with Crippen LogP contribution in [-0.2, 0) is 6.54 Å². The molecule has 0 amide bonds. The van der Waals surface area contributed by atoms with Crippen LogP contribution in [-0.4, -0.2) is 45.9 Å². The van der Waals surface area contributed by atoms with Crippen molar-refractivity contribution >= 4 is 22.8 Å². The smallest absolute Gasteiger partial charge is 0.225 e. The molecule has 0 aliphatic rings. The minimum Gasteiger partial charge on any atom is -0.497 e. The molecule has 33 heavy (non-hydrogen) atoms. The fourth-order valence-corrected chi connectivity index (χ4v) is 3.65. The Morgan fingerprint density at radius 2 is 1.94 bits per heavy atom. The van der Waals surface area contributed by atoms with Gasteiger partial charge in [0.05, 0.1) is 31.4 Å². The van der Waals surface area contributed by atoms with E-state index in [0.29, 0.717) is 23.8 Å². The molecule has 0 aliphatic carbocycles. The van der Waals surface area contributed by atoms with E-state index < -0.39 is 11.6 Å². The van der Waals surface area contributed by atoms with Crippen molar-refractivity contribution in [2.75, 3.05) is 24.9 Å². The van der Waals surface area contributed by atoms with Gasteiger partial charge in [-0.15, -0.1) is 0 Å². The van der Waals surface area contributed by atoms with Crippen molar-refractivity contribution in [1.82, 2.24) is 15.0 Å². The average molecular weight is 454 g/mol. The number of anilines is 2. The number of methoxy groups -OCH3 is 2. The Morgan fingerprint density at radius 3 is 2.61 bits per heavy atom. The normalized spacial score (nSPS) is 13.9. The lowest BCUT2D eigenvalue weighted by atomic mass is 9.89. The molecule has 0 bridgehead atoms. The molecule has 3 rings (SSSR count). The first-order chi connectivity index (χ1) is 15.8. The summed E-state index contributed by atoms with van der Waals surface area (Å²) < 4.78 is 10.8. The van der Waals surface area contributed by atoms with Gasteiger partial charge < -0.3 is 25.2 Å². The van der Waals surface area contributed by atoms with E-state index in [1.165, 1.54) is 0 Å². The van der Waals surface area contributed by atoms with Gasteiger partial charge in [0.1, 0.15) is 17.0 Å². The molecular formula is C25H35N5O3. The number of aryl methyl sites for hydroxylation is 1. The number of pyridine rings is 1. The zero-order valence-corrected chi connectivity index (χ0v) is 20.4. The van der Waals surface area contributed by atoms with E-state index in [9.17, 15) is 5.11 Å². The van der Waals surface area contributed by atoms with Crippen molar-refractivity contribution in [2.45, 2.75) is 65.1 Å². The summed E-state index contributed by atoms with van der Waals surface area (Å²) in [5.74, 6) is 2.53. The van der Waals surface area contributed by atoms with Gasteiger partial charge in [-0.1, -0.05) is 19.8 Å². The molecule has 0 aliphatic heterocycles. The predicted octanol–water partition coefficient (Wildman–Crippen LogP) is 4.70. The summed E-state index contributed by atoms with van der Waals surface area (Å²) in [7, 11) is 3.26. The third-order valence-electron chi connectivity index (χ3n) is 5.98. The van der Waals surface area contributed by atoms with Crippen molar-refractivity contribution in [3.63, 3.8) is 0 Å². The Morgan fingerprint density at radius 1 is 1.15 bits per heavy atom. The fourth-order valence-electron chi connectivity index (χ4n) is 3.65. The number of unbranched alkanes of at least 4 members (excludes halogenated alkanes) is 1. The van der Waals surface area contributed by atoms with Gasteiger partial charge in [-0.2, -0.15) is 4.98 Å². The van der Waals surface area contributed by atoms with Crippen LogP contribution in [0, 0.1) is 6.92 Å². The van der Waals surface area contributed by atoms with Crippen molar-refractivity contribution in [3.8, 4) is 11.5 Å². The molecule has 0 fully saturated rings. The van der Waals surface area contributed by atoms with Gasteiger partial charge in [0.2, 0.25) is 5.95 Å². The average Bonchev–Trinajstić information content (AvgIpc) is 2.80. The van der Waals surface area contributed by atoms with Crippen molar-refractivity contribution in [1.29, 1.82) is 0 Å². The summed E-state index contributed by atoms with van der Waals surface area (Å²) in [4.78, 5) is 14.0. The lowest BCUT2D eigenvalue weighted by Gasteiger charge is -2.34. The van der Waals surface area contributed by atoms with Gasteiger partial charge in [-0.3, -0.25) is 4.98 Å². The number of fused-ring (bicyclic) bond motifs is 1. The first kappa shape index (κ1) is 24.5. The monoisotopic (exact) mass is 453 g/mol. The second-order valence-corrected chi connectivity index (χ2v) is 8.63. The summed E-state index contributed by atoms with van der Waals surface area (Å²) in [5.41, 5.74) is 2.84. The molecule has 8 nitrogen and oxygen atoms in total. The minimum atomic E-state index is -0.570. The van der Waals surface area contributed by atoms with E-state index in [0.717, 1.165) is 47.4 Å². The number of hydrogen-bond acceptors (Lipinski definition) is 8. The quantitative estimate of drug-likeness (QED) is 0.384. The van der Waals surface area contributed by atoms with Crippen molar-refractivity contribution in [3.05, 3.63) is 41.6 Å². The summed E-state index contributed by atoms with van der Waals surface area (Å²) in [6.45, 7) is 8.42. The highest BCUT2D eigenvalue weighted by Crippen LogP contribution is 2.29. The third-order valence-corrected chi connectivity index (χ3v) is 5.98. The number of benzene rings is 1. The van der Waals surface area contributed by atoms with Gasteiger partial charge in [-0.25, -0.2) is 4.98 Å². The Kier molecular flexibility index (Phi) is 7.92. The molecule has 2 atom stereocenters. The molecule has 0 saturated heterocycles. The zero-order chi connectivity index (χ0) is 24.0. The topological polar surface area (TPSA) is 101 Å². The Labute approximate surface area is 195 Å². The van der Waals surface area contributed by atoms with Crippen LogP contribution in [0.2, 0.25) is 0 Å². The van der Waals surface area contributed by atoms with Crippen molar-refractivity contribution < 1.29 is 14.6 Å². The SMILES string of the molecule is CCCC[C@@](C)(Nc1nc(NCc2ccc(OC)cc2OC)nc2cc(C)cnc12)C(C)O. The second kappa shape index (κ2) is 10.7. The van der Waals surface area contributed by atoms with Gasteiger partial charge in [0.25, 0.3) is 0 Å². The van der Waals surface area contributed by atoms with Crippen LogP contribution < -0.4 is 20.1 Å². The number of rotatable bonds is 11. The highest BCUT2D eigenvalue weighted by atomic mass is 16.5. The molecule has 1 aromatic carbocycles. The van der Waals surface area contributed by atoms with Crippen LogP contribution in [0.5, 0.6) is 11.5 Å². The van der Waals surface area contributed by atoms with E-state index in [-0.39, 0.29) is 0 Å². The van der Waals surface area contributed by atoms with Crippen LogP contribution in [0.4, 0.5) is 11.8 Å².